The van der Waals surface area contributed by atoms with E-state index in [9.17, 15) is 22.3 Å². The molecule has 114 valence electrons. The maximum Gasteiger partial charge on any atom is 0.243 e. The summed E-state index contributed by atoms with van der Waals surface area (Å²) in [7, 11) is -2.79. The molecule has 0 aliphatic carbocycles. The van der Waals surface area contributed by atoms with Crippen LogP contribution in [0.15, 0.2) is 23.1 Å². The van der Waals surface area contributed by atoms with Gasteiger partial charge in [0.1, 0.15) is 16.5 Å². The van der Waals surface area contributed by atoms with Crippen LogP contribution >= 0.6 is 0 Å². The largest absolute Gasteiger partial charge is 0.389 e. The molecular formula is C12H17F2NO4S. The molecule has 0 radical (unpaired) electrons. The Bertz CT molecular complexity index is 561. The van der Waals surface area contributed by atoms with Gasteiger partial charge in [-0.1, -0.05) is 0 Å². The van der Waals surface area contributed by atoms with Crippen molar-refractivity contribution in [1.82, 2.24) is 4.72 Å². The van der Waals surface area contributed by atoms with Crippen LogP contribution in [0, 0.1) is 11.6 Å². The van der Waals surface area contributed by atoms with Crippen molar-refractivity contribution in [2.24, 2.45) is 0 Å². The zero-order valence-corrected chi connectivity index (χ0v) is 12.0. The number of aliphatic hydroxyl groups is 1. The standard InChI is InChI=1S/C12H17F2NO4S/c1-12(16,5-6-19-2)8-15-20(17,18)11-7-9(13)3-4-10(11)14/h3-4,7,15-16H,5-6,8H2,1-2H3. The van der Waals surface area contributed by atoms with Gasteiger partial charge in [0, 0.05) is 26.7 Å². The molecule has 5 nitrogen and oxygen atoms in total. The van der Waals surface area contributed by atoms with Crippen LogP contribution in [0.25, 0.3) is 0 Å². The summed E-state index contributed by atoms with van der Waals surface area (Å²) in [5.74, 6) is -1.92. The number of benzene rings is 1. The lowest BCUT2D eigenvalue weighted by atomic mass is 10.0. The van der Waals surface area contributed by atoms with Gasteiger partial charge in [-0.05, 0) is 25.1 Å². The van der Waals surface area contributed by atoms with E-state index in [1.807, 2.05) is 0 Å². The van der Waals surface area contributed by atoms with E-state index in [4.69, 9.17) is 4.74 Å². The molecule has 1 rings (SSSR count). The van der Waals surface area contributed by atoms with Gasteiger partial charge in [-0.25, -0.2) is 21.9 Å². The third-order valence-corrected chi connectivity index (χ3v) is 4.09. The molecule has 1 unspecified atom stereocenters. The summed E-state index contributed by atoms with van der Waals surface area (Å²) < 4.78 is 57.0. The van der Waals surface area contributed by atoms with Gasteiger partial charge in [0.2, 0.25) is 10.0 Å². The summed E-state index contributed by atoms with van der Waals surface area (Å²) >= 11 is 0. The van der Waals surface area contributed by atoms with E-state index in [-0.39, 0.29) is 19.6 Å². The van der Waals surface area contributed by atoms with Crippen molar-refractivity contribution in [1.29, 1.82) is 0 Å². The first-order valence-electron chi connectivity index (χ1n) is 5.84. The van der Waals surface area contributed by atoms with Crippen LogP contribution in [-0.2, 0) is 14.8 Å². The highest BCUT2D eigenvalue weighted by atomic mass is 32.2. The number of hydrogen-bond acceptors (Lipinski definition) is 4. The van der Waals surface area contributed by atoms with E-state index in [1.165, 1.54) is 14.0 Å². The first-order valence-corrected chi connectivity index (χ1v) is 7.32. The fourth-order valence-electron chi connectivity index (χ4n) is 1.42. The molecule has 20 heavy (non-hydrogen) atoms. The monoisotopic (exact) mass is 309 g/mol. The molecule has 0 bridgehead atoms. The number of rotatable bonds is 7. The molecule has 0 aromatic heterocycles. The molecular weight excluding hydrogens is 292 g/mol. The second-order valence-corrected chi connectivity index (χ2v) is 6.37. The lowest BCUT2D eigenvalue weighted by Crippen LogP contribution is -2.41. The Morgan fingerprint density at radius 1 is 1.40 bits per heavy atom. The summed E-state index contributed by atoms with van der Waals surface area (Å²) in [5.41, 5.74) is -1.35. The van der Waals surface area contributed by atoms with E-state index < -0.39 is 32.2 Å². The number of sulfonamides is 1. The van der Waals surface area contributed by atoms with Gasteiger partial charge >= 0.3 is 0 Å². The highest BCUT2D eigenvalue weighted by Gasteiger charge is 2.26. The Labute approximate surface area is 116 Å². The number of hydrogen-bond donors (Lipinski definition) is 2. The average molecular weight is 309 g/mol. The Morgan fingerprint density at radius 2 is 2.05 bits per heavy atom. The molecule has 1 aromatic carbocycles. The molecule has 0 saturated carbocycles. The number of nitrogens with one attached hydrogen (secondary N) is 1. The summed E-state index contributed by atoms with van der Waals surface area (Å²) in [4.78, 5) is -0.792. The van der Waals surface area contributed by atoms with Gasteiger partial charge in [-0.15, -0.1) is 0 Å². The fourth-order valence-corrected chi connectivity index (χ4v) is 2.67. The molecule has 0 aliphatic rings. The Kier molecular flexibility index (Phi) is 5.58. The van der Waals surface area contributed by atoms with Crippen molar-refractivity contribution in [3.8, 4) is 0 Å². The van der Waals surface area contributed by atoms with Gasteiger partial charge in [0.05, 0.1) is 5.60 Å². The summed E-state index contributed by atoms with van der Waals surface area (Å²) in [6.07, 6.45) is 0.192. The van der Waals surface area contributed by atoms with Crippen LogP contribution < -0.4 is 4.72 Å². The second-order valence-electron chi connectivity index (χ2n) is 4.64. The Balaban J connectivity index is 2.83. The van der Waals surface area contributed by atoms with Gasteiger partial charge < -0.3 is 9.84 Å². The number of halogens is 2. The third kappa shape index (κ3) is 4.78. The Morgan fingerprint density at radius 3 is 2.65 bits per heavy atom. The van der Waals surface area contributed by atoms with E-state index in [2.05, 4.69) is 4.72 Å². The molecule has 0 heterocycles. The average Bonchev–Trinajstić information content (AvgIpc) is 2.37. The topological polar surface area (TPSA) is 75.6 Å². The summed E-state index contributed by atoms with van der Waals surface area (Å²) in [6.45, 7) is 1.31. The highest BCUT2D eigenvalue weighted by Crippen LogP contribution is 2.16. The van der Waals surface area contributed by atoms with Crippen molar-refractivity contribution in [3.63, 3.8) is 0 Å². The van der Waals surface area contributed by atoms with Crippen LogP contribution in [0.5, 0.6) is 0 Å². The zero-order chi connectivity index (χ0) is 15.4. The third-order valence-electron chi connectivity index (χ3n) is 2.67. The normalized spacial score (nSPS) is 15.1. The van der Waals surface area contributed by atoms with Crippen LogP contribution in [0.3, 0.4) is 0 Å². The summed E-state index contributed by atoms with van der Waals surface area (Å²) in [6, 6.07) is 2.14. The van der Waals surface area contributed by atoms with Crippen molar-refractivity contribution < 1.29 is 27.0 Å². The molecule has 1 atom stereocenters. The minimum absolute atomic E-state index is 0.192. The predicted octanol–water partition coefficient (Wildman–Crippen LogP) is 1.03. The van der Waals surface area contributed by atoms with Gasteiger partial charge in [0.15, 0.2) is 0 Å². The molecule has 0 spiro atoms. The predicted molar refractivity (Wildman–Crippen MR) is 68.7 cm³/mol. The molecule has 0 aliphatic heterocycles. The maximum atomic E-state index is 13.4. The number of methoxy groups -OCH3 is 1. The minimum Gasteiger partial charge on any atom is -0.389 e. The van der Waals surface area contributed by atoms with Crippen LogP contribution in [0.4, 0.5) is 8.78 Å². The van der Waals surface area contributed by atoms with Gasteiger partial charge in [0.25, 0.3) is 0 Å². The van der Waals surface area contributed by atoms with Crippen LogP contribution in [0.2, 0.25) is 0 Å². The first-order chi connectivity index (χ1) is 9.18. The second kappa shape index (κ2) is 6.57. The van der Waals surface area contributed by atoms with E-state index in [1.54, 1.807) is 0 Å². The molecule has 0 saturated heterocycles. The van der Waals surface area contributed by atoms with E-state index >= 15 is 0 Å². The minimum atomic E-state index is -4.24. The lowest BCUT2D eigenvalue weighted by Gasteiger charge is -2.23. The summed E-state index contributed by atoms with van der Waals surface area (Å²) in [5, 5.41) is 9.90. The maximum absolute atomic E-state index is 13.4. The Hall–Kier alpha value is -1.09. The van der Waals surface area contributed by atoms with Crippen molar-refractivity contribution in [2.75, 3.05) is 20.3 Å². The van der Waals surface area contributed by atoms with Crippen molar-refractivity contribution >= 4 is 10.0 Å². The quantitative estimate of drug-likeness (QED) is 0.789. The van der Waals surface area contributed by atoms with Crippen LogP contribution in [-0.4, -0.2) is 39.4 Å². The van der Waals surface area contributed by atoms with Crippen molar-refractivity contribution in [3.05, 3.63) is 29.8 Å². The van der Waals surface area contributed by atoms with Gasteiger partial charge in [-0.3, -0.25) is 0 Å². The van der Waals surface area contributed by atoms with E-state index in [0.717, 1.165) is 12.1 Å². The van der Waals surface area contributed by atoms with Crippen molar-refractivity contribution in [2.45, 2.75) is 23.8 Å². The van der Waals surface area contributed by atoms with E-state index in [0.29, 0.717) is 6.07 Å². The first kappa shape index (κ1) is 17.0. The molecule has 1 aromatic rings. The fraction of sp³-hybridized carbons (Fsp3) is 0.500. The molecule has 8 heteroatoms. The lowest BCUT2D eigenvalue weighted by molar-refractivity contribution is 0.0292. The van der Waals surface area contributed by atoms with Crippen LogP contribution in [0.1, 0.15) is 13.3 Å². The number of ether oxygens (including phenoxy) is 1. The highest BCUT2D eigenvalue weighted by molar-refractivity contribution is 7.89. The molecule has 2 N–H and O–H groups in total. The smallest absolute Gasteiger partial charge is 0.243 e. The van der Waals surface area contributed by atoms with Gasteiger partial charge in [-0.2, -0.15) is 0 Å². The molecule has 0 fully saturated rings. The molecule has 0 amide bonds. The zero-order valence-electron chi connectivity index (χ0n) is 11.2. The SMILES string of the molecule is COCCC(C)(O)CNS(=O)(=O)c1cc(F)ccc1F.